The zero-order chi connectivity index (χ0) is 13.1. The maximum atomic E-state index is 4.21. The Bertz CT molecular complexity index is 539. The lowest BCUT2D eigenvalue weighted by Gasteiger charge is -2.25. The van der Waals surface area contributed by atoms with Gasteiger partial charge in [0, 0.05) is 39.1 Å². The first-order valence-corrected chi connectivity index (χ1v) is 6.78. The zero-order valence-electron chi connectivity index (χ0n) is 11.3. The van der Waals surface area contributed by atoms with E-state index in [1.807, 2.05) is 18.5 Å². The van der Waals surface area contributed by atoms with Crippen LogP contribution in [-0.2, 0) is 6.54 Å². The number of nitrogens with zero attached hydrogens (tertiary/aromatic N) is 3. The van der Waals surface area contributed by atoms with Crippen LogP contribution in [0.1, 0.15) is 12.0 Å². The molecule has 0 unspecified atom stereocenters. The van der Waals surface area contributed by atoms with Gasteiger partial charge in [0.25, 0.3) is 0 Å². The Morgan fingerprint density at radius 2 is 1.89 bits per heavy atom. The molecule has 1 aromatic heterocycles. The van der Waals surface area contributed by atoms with E-state index in [4.69, 9.17) is 0 Å². The van der Waals surface area contributed by atoms with Gasteiger partial charge in [-0.05, 0) is 30.2 Å². The van der Waals surface area contributed by atoms with E-state index in [1.54, 1.807) is 0 Å². The van der Waals surface area contributed by atoms with E-state index in [2.05, 4.69) is 52.2 Å². The third-order valence-corrected chi connectivity index (χ3v) is 3.65. The molecule has 0 atom stereocenters. The maximum absolute atomic E-state index is 4.21. The van der Waals surface area contributed by atoms with Gasteiger partial charge in [-0.15, -0.1) is 0 Å². The maximum Gasteiger partial charge on any atom is 0.0607 e. The number of pyridine rings is 1. The Kier molecular flexibility index (Phi) is 3.36. The first-order chi connectivity index (χ1) is 9.34. The van der Waals surface area contributed by atoms with E-state index in [9.17, 15) is 0 Å². The molecule has 1 aliphatic rings. The lowest BCUT2D eigenvalue weighted by atomic mass is 10.2. The van der Waals surface area contributed by atoms with Gasteiger partial charge < -0.3 is 9.80 Å². The first-order valence-electron chi connectivity index (χ1n) is 6.78. The van der Waals surface area contributed by atoms with Crippen molar-refractivity contribution in [1.82, 2.24) is 4.98 Å². The SMILES string of the molecule is CN1CCCN(Cc2cccnc2)c2ccccc21. The molecule has 1 aromatic carbocycles. The average molecular weight is 253 g/mol. The number of para-hydroxylation sites is 2. The van der Waals surface area contributed by atoms with E-state index in [1.165, 1.54) is 23.4 Å². The summed E-state index contributed by atoms with van der Waals surface area (Å²) in [7, 11) is 2.17. The van der Waals surface area contributed by atoms with E-state index < -0.39 is 0 Å². The monoisotopic (exact) mass is 253 g/mol. The Labute approximate surface area is 114 Å². The number of hydrogen-bond donors (Lipinski definition) is 0. The van der Waals surface area contributed by atoms with Crippen molar-refractivity contribution in [3.05, 3.63) is 54.4 Å². The Morgan fingerprint density at radius 3 is 2.68 bits per heavy atom. The highest BCUT2D eigenvalue weighted by Gasteiger charge is 2.17. The lowest BCUT2D eigenvalue weighted by Crippen LogP contribution is -2.23. The second-order valence-electron chi connectivity index (χ2n) is 5.05. The summed E-state index contributed by atoms with van der Waals surface area (Å²) < 4.78 is 0. The quantitative estimate of drug-likeness (QED) is 0.820. The van der Waals surface area contributed by atoms with E-state index in [0.717, 1.165) is 19.6 Å². The molecular weight excluding hydrogens is 234 g/mol. The number of aromatic nitrogens is 1. The van der Waals surface area contributed by atoms with Crippen LogP contribution in [0.15, 0.2) is 48.8 Å². The summed E-state index contributed by atoms with van der Waals surface area (Å²) in [6, 6.07) is 12.8. The molecule has 1 aliphatic heterocycles. The second kappa shape index (κ2) is 5.31. The van der Waals surface area contributed by atoms with Crippen molar-refractivity contribution in [2.24, 2.45) is 0 Å². The summed E-state index contributed by atoms with van der Waals surface area (Å²) in [6.07, 6.45) is 4.97. The van der Waals surface area contributed by atoms with Crippen molar-refractivity contribution in [1.29, 1.82) is 0 Å². The minimum Gasteiger partial charge on any atom is -0.373 e. The van der Waals surface area contributed by atoms with Crippen LogP contribution < -0.4 is 9.80 Å². The lowest BCUT2D eigenvalue weighted by molar-refractivity contribution is 0.742. The molecule has 0 radical (unpaired) electrons. The Morgan fingerprint density at radius 1 is 1.05 bits per heavy atom. The molecule has 0 N–H and O–H groups in total. The number of rotatable bonds is 2. The highest BCUT2D eigenvalue weighted by atomic mass is 15.2. The number of hydrogen-bond acceptors (Lipinski definition) is 3. The summed E-state index contributed by atoms with van der Waals surface area (Å²) in [5, 5.41) is 0. The van der Waals surface area contributed by atoms with Crippen molar-refractivity contribution in [2.45, 2.75) is 13.0 Å². The van der Waals surface area contributed by atoms with Gasteiger partial charge in [0.1, 0.15) is 0 Å². The normalized spacial score (nSPS) is 15.0. The van der Waals surface area contributed by atoms with Gasteiger partial charge in [-0.2, -0.15) is 0 Å². The van der Waals surface area contributed by atoms with Crippen molar-refractivity contribution in [2.75, 3.05) is 29.9 Å². The number of fused-ring (bicyclic) bond motifs is 1. The molecular formula is C16H19N3. The van der Waals surface area contributed by atoms with Crippen LogP contribution in [0.2, 0.25) is 0 Å². The molecule has 0 saturated carbocycles. The molecule has 0 fully saturated rings. The fraction of sp³-hybridized carbons (Fsp3) is 0.312. The zero-order valence-corrected chi connectivity index (χ0v) is 11.3. The average Bonchev–Trinajstić information content (AvgIpc) is 2.61. The third kappa shape index (κ3) is 2.55. The number of anilines is 2. The van der Waals surface area contributed by atoms with Crippen LogP contribution in [-0.4, -0.2) is 25.1 Å². The van der Waals surface area contributed by atoms with E-state index in [0.29, 0.717) is 0 Å². The van der Waals surface area contributed by atoms with Gasteiger partial charge in [-0.25, -0.2) is 0 Å². The van der Waals surface area contributed by atoms with Crippen molar-refractivity contribution < 1.29 is 0 Å². The molecule has 2 heterocycles. The van der Waals surface area contributed by atoms with Gasteiger partial charge >= 0.3 is 0 Å². The van der Waals surface area contributed by atoms with Crippen LogP contribution in [0.25, 0.3) is 0 Å². The summed E-state index contributed by atoms with van der Waals surface area (Å²) >= 11 is 0. The van der Waals surface area contributed by atoms with Crippen LogP contribution >= 0.6 is 0 Å². The van der Waals surface area contributed by atoms with Crippen LogP contribution in [0.5, 0.6) is 0 Å². The largest absolute Gasteiger partial charge is 0.373 e. The van der Waals surface area contributed by atoms with Crippen LogP contribution in [0.4, 0.5) is 11.4 Å². The minimum absolute atomic E-state index is 0.929. The van der Waals surface area contributed by atoms with Gasteiger partial charge in [-0.1, -0.05) is 18.2 Å². The molecule has 0 spiro atoms. The highest BCUT2D eigenvalue weighted by molar-refractivity contribution is 5.71. The van der Waals surface area contributed by atoms with Crippen LogP contribution in [0, 0.1) is 0 Å². The van der Waals surface area contributed by atoms with Gasteiger partial charge in [0.05, 0.1) is 11.4 Å². The smallest absolute Gasteiger partial charge is 0.0607 e. The van der Waals surface area contributed by atoms with Gasteiger partial charge in [0.2, 0.25) is 0 Å². The van der Waals surface area contributed by atoms with Crippen molar-refractivity contribution >= 4 is 11.4 Å². The summed E-state index contributed by atoms with van der Waals surface area (Å²) in [6.45, 7) is 3.13. The summed E-state index contributed by atoms with van der Waals surface area (Å²) in [4.78, 5) is 9.01. The molecule has 3 heteroatoms. The first kappa shape index (κ1) is 12.0. The second-order valence-corrected chi connectivity index (χ2v) is 5.05. The molecule has 3 rings (SSSR count). The van der Waals surface area contributed by atoms with E-state index >= 15 is 0 Å². The fourth-order valence-electron chi connectivity index (χ4n) is 2.67. The number of benzene rings is 1. The molecule has 0 saturated heterocycles. The third-order valence-electron chi connectivity index (χ3n) is 3.65. The molecule has 98 valence electrons. The van der Waals surface area contributed by atoms with Crippen molar-refractivity contribution in [3.8, 4) is 0 Å². The minimum atomic E-state index is 0.929. The Balaban J connectivity index is 1.91. The summed E-state index contributed by atoms with van der Waals surface area (Å²) in [5.74, 6) is 0. The molecule has 0 bridgehead atoms. The van der Waals surface area contributed by atoms with Gasteiger partial charge in [0.15, 0.2) is 0 Å². The van der Waals surface area contributed by atoms with E-state index in [-0.39, 0.29) is 0 Å². The van der Waals surface area contributed by atoms with Gasteiger partial charge in [-0.3, -0.25) is 4.98 Å². The predicted octanol–water partition coefficient (Wildman–Crippen LogP) is 2.93. The van der Waals surface area contributed by atoms with Crippen LogP contribution in [0.3, 0.4) is 0 Å². The molecule has 19 heavy (non-hydrogen) atoms. The molecule has 3 nitrogen and oxygen atoms in total. The molecule has 0 aliphatic carbocycles. The fourth-order valence-corrected chi connectivity index (χ4v) is 2.67. The predicted molar refractivity (Wildman–Crippen MR) is 79.6 cm³/mol. The molecule has 0 amide bonds. The van der Waals surface area contributed by atoms with Crippen molar-refractivity contribution in [3.63, 3.8) is 0 Å². The highest BCUT2D eigenvalue weighted by Crippen LogP contribution is 2.31. The standard InChI is InChI=1S/C16H19N3/c1-18-10-5-11-19(13-14-6-4-9-17-12-14)16-8-3-2-7-15(16)18/h2-4,6-9,12H,5,10-11,13H2,1H3. The molecule has 2 aromatic rings. The summed E-state index contributed by atoms with van der Waals surface area (Å²) in [5.41, 5.74) is 3.91. The Hall–Kier alpha value is -2.03. The topological polar surface area (TPSA) is 19.4 Å².